The zero-order valence-electron chi connectivity index (χ0n) is 20.3. The van der Waals surface area contributed by atoms with Crippen LogP contribution in [0.4, 0.5) is 5.69 Å². The molecule has 2 aliphatic rings. The number of amides is 2. The molecule has 35 heavy (non-hydrogen) atoms. The number of benzene rings is 2. The van der Waals surface area contributed by atoms with Gasteiger partial charge in [0.25, 0.3) is 11.8 Å². The van der Waals surface area contributed by atoms with Gasteiger partial charge in [0.1, 0.15) is 0 Å². The van der Waals surface area contributed by atoms with Crippen molar-refractivity contribution in [2.75, 3.05) is 45.2 Å². The van der Waals surface area contributed by atoms with Crippen LogP contribution in [-0.4, -0.2) is 67.0 Å². The second kappa shape index (κ2) is 11.2. The first-order valence-electron chi connectivity index (χ1n) is 12.2. The number of aliphatic hydroxyl groups excluding tert-OH is 1. The van der Waals surface area contributed by atoms with Gasteiger partial charge in [0.05, 0.1) is 15.6 Å². The summed E-state index contributed by atoms with van der Waals surface area (Å²) in [6.45, 7) is 3.20. The third kappa shape index (κ3) is 5.76. The van der Waals surface area contributed by atoms with E-state index in [9.17, 15) is 14.7 Å². The first-order chi connectivity index (χ1) is 16.8. The summed E-state index contributed by atoms with van der Waals surface area (Å²) in [6, 6.07) is 12.8. The van der Waals surface area contributed by atoms with Gasteiger partial charge in [-0.15, -0.1) is 0 Å². The number of nitrogens with zero attached hydrogens (tertiary/aromatic N) is 3. The number of aliphatic hydroxyl groups is 1. The highest BCUT2D eigenvalue weighted by molar-refractivity contribution is 6.40. The first kappa shape index (κ1) is 25.8. The average Bonchev–Trinajstić information content (AvgIpc) is 2.88. The van der Waals surface area contributed by atoms with Gasteiger partial charge in [-0.2, -0.15) is 0 Å². The van der Waals surface area contributed by atoms with E-state index in [1.807, 2.05) is 35.2 Å². The lowest BCUT2D eigenvalue weighted by molar-refractivity contribution is -0.142. The normalized spacial score (nSPS) is 18.4. The summed E-state index contributed by atoms with van der Waals surface area (Å²) in [6.07, 6.45) is 2.99. The Morgan fingerprint density at radius 3 is 1.94 bits per heavy atom. The van der Waals surface area contributed by atoms with E-state index in [0.29, 0.717) is 46.1 Å². The molecular weight excluding hydrogens is 485 g/mol. The summed E-state index contributed by atoms with van der Waals surface area (Å²) in [7, 11) is 3.36. The van der Waals surface area contributed by atoms with Crippen LogP contribution in [0.25, 0.3) is 0 Å². The van der Waals surface area contributed by atoms with E-state index in [1.54, 1.807) is 26.2 Å². The Hall–Kier alpha value is -2.28. The van der Waals surface area contributed by atoms with Crippen molar-refractivity contribution in [3.63, 3.8) is 0 Å². The third-order valence-electron chi connectivity index (χ3n) is 7.42. The summed E-state index contributed by atoms with van der Waals surface area (Å²) in [5.41, 5.74) is 1.94. The minimum absolute atomic E-state index is 0.200. The summed E-state index contributed by atoms with van der Waals surface area (Å²) in [5.74, 6) is 0.797. The number of anilines is 1. The molecule has 2 aromatic carbocycles. The average molecular weight is 518 g/mol. The third-order valence-corrected chi connectivity index (χ3v) is 8.02. The number of likely N-dealkylation sites (tertiary alicyclic amines) is 1. The van der Waals surface area contributed by atoms with Gasteiger partial charge in [-0.1, -0.05) is 53.5 Å². The molecule has 6 nitrogen and oxygen atoms in total. The Morgan fingerprint density at radius 1 is 0.914 bits per heavy atom. The number of piperidine rings is 2. The SMILES string of the molecule is CN(C)C(=O)c1c(Cl)cc(N2CCC(C3CCN(C(=O)C(O)c4ccccc4)CC3)CC2)cc1Cl. The monoisotopic (exact) mass is 517 g/mol. The lowest BCUT2D eigenvalue weighted by Gasteiger charge is -2.41. The molecule has 1 atom stereocenters. The minimum atomic E-state index is -1.09. The van der Waals surface area contributed by atoms with E-state index in [1.165, 1.54) is 4.90 Å². The van der Waals surface area contributed by atoms with Crippen LogP contribution in [0.3, 0.4) is 0 Å². The van der Waals surface area contributed by atoms with Gasteiger partial charge in [0, 0.05) is 46.0 Å². The van der Waals surface area contributed by atoms with E-state index in [-0.39, 0.29) is 11.8 Å². The first-order valence-corrected chi connectivity index (χ1v) is 13.0. The molecule has 2 amide bonds. The van der Waals surface area contributed by atoms with Crippen molar-refractivity contribution in [2.24, 2.45) is 11.8 Å². The molecule has 8 heteroatoms. The summed E-state index contributed by atoms with van der Waals surface area (Å²) in [5, 5.41) is 11.2. The van der Waals surface area contributed by atoms with Gasteiger partial charge in [0.15, 0.2) is 6.10 Å². The highest BCUT2D eigenvalue weighted by atomic mass is 35.5. The highest BCUT2D eigenvalue weighted by Gasteiger charge is 2.33. The largest absolute Gasteiger partial charge is 0.378 e. The van der Waals surface area contributed by atoms with Crippen molar-refractivity contribution >= 4 is 40.7 Å². The second-order valence-electron chi connectivity index (χ2n) is 9.78. The van der Waals surface area contributed by atoms with Crippen molar-refractivity contribution in [3.8, 4) is 0 Å². The maximum atomic E-state index is 12.8. The van der Waals surface area contributed by atoms with Gasteiger partial charge in [-0.25, -0.2) is 0 Å². The summed E-state index contributed by atoms with van der Waals surface area (Å²) < 4.78 is 0. The Labute approximate surface area is 217 Å². The van der Waals surface area contributed by atoms with Crippen molar-refractivity contribution in [1.29, 1.82) is 0 Å². The molecule has 0 radical (unpaired) electrons. The Balaban J connectivity index is 1.30. The molecule has 0 spiro atoms. The second-order valence-corrected chi connectivity index (χ2v) is 10.6. The van der Waals surface area contributed by atoms with Crippen LogP contribution in [-0.2, 0) is 4.79 Å². The van der Waals surface area contributed by atoms with Crippen LogP contribution in [0.5, 0.6) is 0 Å². The topological polar surface area (TPSA) is 64.1 Å². The number of hydrogen-bond acceptors (Lipinski definition) is 4. The molecular formula is C27H33Cl2N3O3. The number of hydrogen-bond donors (Lipinski definition) is 1. The summed E-state index contributed by atoms with van der Waals surface area (Å²) in [4.78, 5) is 30.7. The highest BCUT2D eigenvalue weighted by Crippen LogP contribution is 2.37. The lowest BCUT2D eigenvalue weighted by Crippen LogP contribution is -2.44. The maximum absolute atomic E-state index is 12.8. The maximum Gasteiger partial charge on any atom is 0.256 e. The Bertz CT molecular complexity index is 1020. The van der Waals surface area contributed by atoms with Gasteiger partial charge in [-0.3, -0.25) is 9.59 Å². The molecule has 0 aromatic heterocycles. The predicted molar refractivity (Wildman–Crippen MR) is 140 cm³/mol. The minimum Gasteiger partial charge on any atom is -0.378 e. The molecule has 2 heterocycles. The fraction of sp³-hybridized carbons (Fsp3) is 0.481. The molecule has 2 aliphatic heterocycles. The molecule has 0 saturated carbocycles. The van der Waals surface area contributed by atoms with Crippen LogP contribution >= 0.6 is 23.2 Å². The lowest BCUT2D eigenvalue weighted by atomic mass is 9.78. The quantitative estimate of drug-likeness (QED) is 0.613. The number of rotatable bonds is 5. The molecule has 4 rings (SSSR count). The van der Waals surface area contributed by atoms with Crippen LogP contribution < -0.4 is 4.90 Å². The van der Waals surface area contributed by atoms with Crippen molar-refractivity contribution < 1.29 is 14.7 Å². The standard InChI is InChI=1S/C27H33Cl2N3O3/c1-30(2)26(34)24-22(28)16-21(17-23(24)29)31-12-8-18(9-13-31)19-10-14-32(15-11-19)27(35)25(33)20-6-4-3-5-7-20/h3-7,16-19,25,33H,8-15H2,1-2H3. The van der Waals surface area contributed by atoms with E-state index < -0.39 is 6.10 Å². The number of carbonyl (C=O) groups excluding carboxylic acids is 2. The molecule has 2 saturated heterocycles. The van der Waals surface area contributed by atoms with Gasteiger partial charge in [-0.05, 0) is 55.2 Å². The molecule has 2 aromatic rings. The Morgan fingerprint density at radius 2 is 1.43 bits per heavy atom. The van der Waals surface area contributed by atoms with E-state index >= 15 is 0 Å². The van der Waals surface area contributed by atoms with Crippen LogP contribution in [0.1, 0.15) is 47.7 Å². The molecule has 2 fully saturated rings. The fourth-order valence-corrected chi connectivity index (χ4v) is 5.98. The van der Waals surface area contributed by atoms with Gasteiger partial charge >= 0.3 is 0 Å². The van der Waals surface area contributed by atoms with E-state index in [4.69, 9.17) is 23.2 Å². The van der Waals surface area contributed by atoms with Crippen LogP contribution in [0.2, 0.25) is 10.0 Å². The summed E-state index contributed by atoms with van der Waals surface area (Å²) >= 11 is 12.9. The molecule has 0 aliphatic carbocycles. The van der Waals surface area contributed by atoms with Crippen molar-refractivity contribution in [1.82, 2.24) is 9.80 Å². The van der Waals surface area contributed by atoms with Gasteiger partial charge in [0.2, 0.25) is 0 Å². The fourth-order valence-electron chi connectivity index (χ4n) is 5.34. The zero-order chi connectivity index (χ0) is 25.1. The van der Waals surface area contributed by atoms with Crippen LogP contribution in [0, 0.1) is 11.8 Å². The van der Waals surface area contributed by atoms with E-state index in [2.05, 4.69) is 4.90 Å². The van der Waals surface area contributed by atoms with Gasteiger partial charge < -0.3 is 19.8 Å². The van der Waals surface area contributed by atoms with E-state index in [0.717, 1.165) is 44.5 Å². The molecule has 188 valence electrons. The van der Waals surface area contributed by atoms with Crippen molar-refractivity contribution in [2.45, 2.75) is 31.8 Å². The Kier molecular flexibility index (Phi) is 8.25. The van der Waals surface area contributed by atoms with Crippen molar-refractivity contribution in [3.05, 3.63) is 63.6 Å². The molecule has 1 unspecified atom stereocenters. The van der Waals surface area contributed by atoms with Crippen LogP contribution in [0.15, 0.2) is 42.5 Å². The molecule has 1 N–H and O–H groups in total. The predicted octanol–water partition coefficient (Wildman–Crippen LogP) is 4.88. The smallest absolute Gasteiger partial charge is 0.256 e. The molecule has 0 bridgehead atoms. The number of carbonyl (C=O) groups is 2. The zero-order valence-corrected chi connectivity index (χ0v) is 21.8. The number of halogens is 2.